The van der Waals surface area contributed by atoms with Crippen molar-refractivity contribution >= 4 is 23.4 Å². The van der Waals surface area contributed by atoms with E-state index in [9.17, 15) is 26.3 Å². The fraction of sp³-hybridized carbons (Fsp3) is 0.444. The fourth-order valence-corrected chi connectivity index (χ4v) is 2.10. The first-order valence-electron chi connectivity index (χ1n) is 4.62. The summed E-state index contributed by atoms with van der Waals surface area (Å²) in [7, 11) is 0. The third-order valence-electron chi connectivity index (χ3n) is 1.89. The Hall–Kier alpha value is -0.670. The maximum Gasteiger partial charge on any atom is 0.417 e. The first kappa shape index (κ1) is 16.4. The van der Waals surface area contributed by atoms with Gasteiger partial charge >= 0.3 is 12.4 Å². The zero-order chi connectivity index (χ0) is 14.8. The van der Waals surface area contributed by atoms with Crippen molar-refractivity contribution in [3.8, 4) is 0 Å². The van der Waals surface area contributed by atoms with E-state index in [1.165, 1.54) is 0 Å². The van der Waals surface area contributed by atoms with Crippen LogP contribution < -0.4 is 0 Å². The van der Waals surface area contributed by atoms with Crippen molar-refractivity contribution in [1.29, 1.82) is 0 Å². The smallest absolute Gasteiger partial charge is 0.383 e. The van der Waals surface area contributed by atoms with E-state index in [-0.39, 0.29) is 5.03 Å². The van der Waals surface area contributed by atoms with Crippen LogP contribution >= 0.6 is 23.4 Å². The summed E-state index contributed by atoms with van der Waals surface area (Å²) in [6.45, 7) is 0. The predicted octanol–water partition coefficient (Wildman–Crippen LogP) is 3.77. The molecule has 0 saturated heterocycles. The Labute approximate surface area is 112 Å². The van der Waals surface area contributed by atoms with Gasteiger partial charge in [0.15, 0.2) is 6.10 Å². The molecule has 1 atom stereocenters. The van der Waals surface area contributed by atoms with Crippen LogP contribution in [0.3, 0.4) is 0 Å². The van der Waals surface area contributed by atoms with E-state index < -0.39 is 34.8 Å². The summed E-state index contributed by atoms with van der Waals surface area (Å²) >= 11 is 5.91. The van der Waals surface area contributed by atoms with Gasteiger partial charge in [-0.15, -0.1) is 11.8 Å². The van der Waals surface area contributed by atoms with Crippen molar-refractivity contribution in [1.82, 2.24) is 4.98 Å². The van der Waals surface area contributed by atoms with Gasteiger partial charge in [0.2, 0.25) is 0 Å². The van der Waals surface area contributed by atoms with Crippen LogP contribution in [0.4, 0.5) is 26.3 Å². The second-order valence-corrected chi connectivity index (χ2v) is 4.79. The van der Waals surface area contributed by atoms with Crippen molar-refractivity contribution < 1.29 is 31.4 Å². The van der Waals surface area contributed by atoms with Crippen molar-refractivity contribution in [2.75, 3.05) is 5.75 Å². The van der Waals surface area contributed by atoms with Gasteiger partial charge in [-0.1, -0.05) is 11.6 Å². The highest BCUT2D eigenvalue weighted by Crippen LogP contribution is 2.34. The first-order chi connectivity index (χ1) is 8.51. The van der Waals surface area contributed by atoms with Gasteiger partial charge in [0.05, 0.1) is 10.6 Å². The molecular formula is C9H6ClF6NOS. The van der Waals surface area contributed by atoms with Crippen molar-refractivity contribution in [2.24, 2.45) is 0 Å². The van der Waals surface area contributed by atoms with Gasteiger partial charge in [0, 0.05) is 11.9 Å². The van der Waals surface area contributed by atoms with Gasteiger partial charge < -0.3 is 5.11 Å². The molecule has 0 unspecified atom stereocenters. The van der Waals surface area contributed by atoms with E-state index in [2.05, 4.69) is 4.98 Å². The summed E-state index contributed by atoms with van der Waals surface area (Å²) < 4.78 is 72.8. The van der Waals surface area contributed by atoms with Gasteiger partial charge in [0.1, 0.15) is 5.03 Å². The molecule has 0 amide bonds. The molecule has 0 aromatic carbocycles. The van der Waals surface area contributed by atoms with E-state index in [0.29, 0.717) is 24.0 Å². The topological polar surface area (TPSA) is 33.1 Å². The minimum atomic E-state index is -4.80. The van der Waals surface area contributed by atoms with Crippen LogP contribution in [0, 0.1) is 0 Å². The lowest BCUT2D eigenvalue weighted by atomic mass is 10.3. The van der Waals surface area contributed by atoms with Crippen LogP contribution in [0.1, 0.15) is 5.56 Å². The average molecular weight is 326 g/mol. The maximum absolute atomic E-state index is 12.3. The van der Waals surface area contributed by atoms with E-state index in [4.69, 9.17) is 16.7 Å². The van der Waals surface area contributed by atoms with Crippen LogP contribution in [-0.4, -0.2) is 28.1 Å². The molecule has 0 aliphatic carbocycles. The van der Waals surface area contributed by atoms with Gasteiger partial charge in [-0.05, 0) is 6.07 Å². The third kappa shape index (κ3) is 4.73. The highest BCUT2D eigenvalue weighted by Gasteiger charge is 2.38. The van der Waals surface area contributed by atoms with E-state index in [1.54, 1.807) is 0 Å². The standard InChI is InChI=1S/C9H6ClF6NOS/c10-5-1-4(8(11,12)13)2-17-7(5)19-3-6(18)9(14,15)16/h1-2,6,18H,3H2/t6-/m1/s1. The molecule has 0 spiro atoms. The molecule has 1 aromatic heterocycles. The Kier molecular flexibility index (Phi) is 4.97. The van der Waals surface area contributed by atoms with Crippen molar-refractivity contribution in [2.45, 2.75) is 23.5 Å². The Balaban J connectivity index is 2.77. The molecule has 0 bridgehead atoms. The third-order valence-corrected chi connectivity index (χ3v) is 3.37. The number of alkyl halides is 6. The molecule has 2 nitrogen and oxygen atoms in total. The molecule has 1 rings (SSSR count). The van der Waals surface area contributed by atoms with E-state index in [1.807, 2.05) is 0 Å². The second-order valence-electron chi connectivity index (χ2n) is 3.38. The largest absolute Gasteiger partial charge is 0.417 e. The molecule has 1 N–H and O–H groups in total. The van der Waals surface area contributed by atoms with Gasteiger partial charge in [-0.25, -0.2) is 4.98 Å². The minimum Gasteiger partial charge on any atom is -0.383 e. The number of aliphatic hydroxyl groups is 1. The fourth-order valence-electron chi connectivity index (χ4n) is 0.939. The molecule has 0 aliphatic rings. The summed E-state index contributed by atoms with van der Waals surface area (Å²) in [5.41, 5.74) is -1.10. The minimum absolute atomic E-state index is 0.210. The predicted molar refractivity (Wildman–Crippen MR) is 57.0 cm³/mol. The maximum atomic E-state index is 12.3. The Bertz CT molecular complexity index is 449. The van der Waals surface area contributed by atoms with Crippen LogP contribution in [-0.2, 0) is 6.18 Å². The van der Waals surface area contributed by atoms with E-state index >= 15 is 0 Å². The highest BCUT2D eigenvalue weighted by atomic mass is 35.5. The summed E-state index contributed by atoms with van der Waals surface area (Å²) in [5, 5.41) is 8.09. The lowest BCUT2D eigenvalue weighted by Gasteiger charge is -2.14. The van der Waals surface area contributed by atoms with Gasteiger partial charge in [0.25, 0.3) is 0 Å². The molecule has 10 heteroatoms. The number of hydrogen-bond acceptors (Lipinski definition) is 3. The van der Waals surface area contributed by atoms with E-state index in [0.717, 1.165) is 0 Å². The Morgan fingerprint density at radius 1 is 1.26 bits per heavy atom. The summed E-state index contributed by atoms with van der Waals surface area (Å²) in [4.78, 5) is 3.33. The second kappa shape index (κ2) is 5.76. The molecule has 0 aliphatic heterocycles. The molecular weight excluding hydrogens is 320 g/mol. The molecule has 0 fully saturated rings. The molecule has 1 heterocycles. The molecule has 0 saturated carbocycles. The summed E-state index contributed by atoms with van der Waals surface area (Å²) in [6.07, 6.45) is -11.6. The number of pyridine rings is 1. The van der Waals surface area contributed by atoms with Gasteiger partial charge in [-0.3, -0.25) is 0 Å². The monoisotopic (exact) mass is 325 g/mol. The van der Waals surface area contributed by atoms with Crippen LogP contribution in [0.2, 0.25) is 5.02 Å². The zero-order valence-corrected chi connectivity index (χ0v) is 10.5. The number of hydrogen-bond donors (Lipinski definition) is 1. The lowest BCUT2D eigenvalue weighted by molar-refractivity contribution is -0.195. The normalized spacial score (nSPS) is 14.5. The molecule has 0 radical (unpaired) electrons. The van der Waals surface area contributed by atoms with Crippen LogP contribution in [0.5, 0.6) is 0 Å². The van der Waals surface area contributed by atoms with Gasteiger partial charge in [-0.2, -0.15) is 26.3 Å². The Morgan fingerprint density at radius 3 is 2.26 bits per heavy atom. The number of aromatic nitrogens is 1. The number of nitrogens with zero attached hydrogens (tertiary/aromatic N) is 1. The molecule has 1 aromatic rings. The molecule has 108 valence electrons. The zero-order valence-electron chi connectivity index (χ0n) is 8.89. The van der Waals surface area contributed by atoms with Crippen molar-refractivity contribution in [3.05, 3.63) is 22.8 Å². The highest BCUT2D eigenvalue weighted by molar-refractivity contribution is 7.99. The SMILES string of the molecule is O[C@H](CSc1ncc(C(F)(F)F)cc1Cl)C(F)(F)F. The quantitative estimate of drug-likeness (QED) is 0.678. The lowest BCUT2D eigenvalue weighted by Crippen LogP contribution is -2.30. The number of thioether (sulfide) groups is 1. The van der Waals surface area contributed by atoms with Crippen LogP contribution in [0.25, 0.3) is 0 Å². The first-order valence-corrected chi connectivity index (χ1v) is 5.98. The number of aliphatic hydroxyl groups excluding tert-OH is 1. The van der Waals surface area contributed by atoms with Crippen molar-refractivity contribution in [3.63, 3.8) is 0 Å². The van der Waals surface area contributed by atoms with Crippen LogP contribution in [0.15, 0.2) is 17.3 Å². The average Bonchev–Trinajstić information content (AvgIpc) is 2.24. The summed E-state index contributed by atoms with van der Waals surface area (Å²) in [5.74, 6) is -0.804. The number of halogens is 7. The Morgan fingerprint density at radius 2 is 1.84 bits per heavy atom. The molecule has 19 heavy (non-hydrogen) atoms. The number of rotatable bonds is 3. The summed E-state index contributed by atoms with van der Waals surface area (Å²) in [6, 6.07) is 0.566.